The van der Waals surface area contributed by atoms with E-state index in [1.165, 1.54) is 6.07 Å². The van der Waals surface area contributed by atoms with Crippen molar-refractivity contribution in [3.63, 3.8) is 0 Å². The van der Waals surface area contributed by atoms with Gasteiger partial charge in [-0.05, 0) is 36.8 Å². The molecule has 2 nitrogen and oxygen atoms in total. The highest BCUT2D eigenvalue weighted by Crippen LogP contribution is 2.25. The standard InChI is InChI=1S/C16H18FNO/c1-3-16(14-6-4-5-7-15(14)17)18-12-8-10-13(19-2)11-9-12/h4-11,16,18H,3H2,1-2H3. The number of anilines is 1. The molecule has 0 radical (unpaired) electrons. The van der Waals surface area contributed by atoms with Crippen LogP contribution in [0.2, 0.25) is 0 Å². The number of methoxy groups -OCH3 is 1. The maximum atomic E-state index is 13.8. The van der Waals surface area contributed by atoms with Gasteiger partial charge in [0.2, 0.25) is 0 Å². The molecular formula is C16H18FNO. The van der Waals surface area contributed by atoms with Crippen molar-refractivity contribution < 1.29 is 9.13 Å². The Kier molecular flexibility index (Phi) is 4.39. The molecule has 100 valence electrons. The molecule has 1 N–H and O–H groups in total. The zero-order valence-corrected chi connectivity index (χ0v) is 11.2. The van der Waals surface area contributed by atoms with Gasteiger partial charge in [0.05, 0.1) is 13.2 Å². The van der Waals surface area contributed by atoms with Crippen molar-refractivity contribution in [3.8, 4) is 5.75 Å². The first-order chi connectivity index (χ1) is 9.24. The van der Waals surface area contributed by atoms with Crippen LogP contribution in [0.3, 0.4) is 0 Å². The highest BCUT2D eigenvalue weighted by molar-refractivity contribution is 5.48. The van der Waals surface area contributed by atoms with Gasteiger partial charge < -0.3 is 10.1 Å². The molecule has 0 saturated carbocycles. The lowest BCUT2D eigenvalue weighted by atomic mass is 10.0. The molecule has 2 rings (SSSR count). The van der Waals surface area contributed by atoms with Crippen molar-refractivity contribution >= 4 is 5.69 Å². The quantitative estimate of drug-likeness (QED) is 0.859. The minimum absolute atomic E-state index is 0.0328. The molecule has 19 heavy (non-hydrogen) atoms. The van der Waals surface area contributed by atoms with Crippen LogP contribution in [-0.2, 0) is 0 Å². The summed E-state index contributed by atoms with van der Waals surface area (Å²) in [6.07, 6.45) is 0.812. The van der Waals surface area contributed by atoms with Gasteiger partial charge in [-0.2, -0.15) is 0 Å². The number of nitrogens with one attached hydrogen (secondary N) is 1. The Hall–Kier alpha value is -2.03. The topological polar surface area (TPSA) is 21.3 Å². The van der Waals surface area contributed by atoms with E-state index < -0.39 is 0 Å². The molecule has 0 amide bonds. The van der Waals surface area contributed by atoms with E-state index in [2.05, 4.69) is 5.32 Å². The Morgan fingerprint density at radius 3 is 2.37 bits per heavy atom. The van der Waals surface area contributed by atoms with Gasteiger partial charge in [-0.1, -0.05) is 25.1 Å². The Morgan fingerprint density at radius 2 is 1.79 bits per heavy atom. The van der Waals surface area contributed by atoms with Gasteiger partial charge in [0.15, 0.2) is 0 Å². The molecule has 0 fully saturated rings. The predicted molar refractivity (Wildman–Crippen MR) is 76.0 cm³/mol. The maximum absolute atomic E-state index is 13.8. The second kappa shape index (κ2) is 6.23. The van der Waals surface area contributed by atoms with E-state index in [4.69, 9.17) is 4.74 Å². The summed E-state index contributed by atoms with van der Waals surface area (Å²) in [7, 11) is 1.64. The van der Waals surface area contributed by atoms with Crippen molar-refractivity contribution in [3.05, 3.63) is 59.9 Å². The second-order valence-electron chi connectivity index (χ2n) is 4.36. The Bertz CT molecular complexity index is 525. The summed E-state index contributed by atoms with van der Waals surface area (Å²) in [5, 5.41) is 3.34. The van der Waals surface area contributed by atoms with Crippen molar-refractivity contribution in [2.24, 2.45) is 0 Å². The van der Waals surface area contributed by atoms with Gasteiger partial charge >= 0.3 is 0 Å². The van der Waals surface area contributed by atoms with Gasteiger partial charge in [-0.25, -0.2) is 4.39 Å². The summed E-state index contributed by atoms with van der Waals surface area (Å²) >= 11 is 0. The van der Waals surface area contributed by atoms with E-state index in [0.717, 1.165) is 17.9 Å². The third-order valence-electron chi connectivity index (χ3n) is 3.12. The molecule has 3 heteroatoms. The van der Waals surface area contributed by atoms with Crippen LogP contribution in [-0.4, -0.2) is 7.11 Å². The molecule has 0 aromatic heterocycles. The summed E-state index contributed by atoms with van der Waals surface area (Å²) < 4.78 is 18.9. The molecule has 0 aliphatic carbocycles. The molecule has 2 aromatic rings. The third-order valence-corrected chi connectivity index (χ3v) is 3.12. The first-order valence-electron chi connectivity index (χ1n) is 6.39. The Morgan fingerprint density at radius 1 is 1.11 bits per heavy atom. The van der Waals surface area contributed by atoms with E-state index in [0.29, 0.717) is 5.56 Å². The summed E-state index contributed by atoms with van der Waals surface area (Å²) in [5.41, 5.74) is 1.65. The average Bonchev–Trinajstić information content (AvgIpc) is 2.46. The fourth-order valence-electron chi connectivity index (χ4n) is 2.05. The monoisotopic (exact) mass is 259 g/mol. The van der Waals surface area contributed by atoms with E-state index in [1.807, 2.05) is 43.3 Å². The largest absolute Gasteiger partial charge is 0.497 e. The number of ether oxygens (including phenoxy) is 1. The zero-order valence-electron chi connectivity index (χ0n) is 11.2. The van der Waals surface area contributed by atoms with Crippen LogP contribution in [0.1, 0.15) is 24.9 Å². The highest BCUT2D eigenvalue weighted by Gasteiger charge is 2.13. The smallest absolute Gasteiger partial charge is 0.128 e. The van der Waals surface area contributed by atoms with Crippen molar-refractivity contribution in [1.82, 2.24) is 0 Å². The molecular weight excluding hydrogens is 241 g/mol. The van der Waals surface area contributed by atoms with Gasteiger partial charge in [0.25, 0.3) is 0 Å². The lowest BCUT2D eigenvalue weighted by Gasteiger charge is -2.19. The van der Waals surface area contributed by atoms with Gasteiger partial charge in [0.1, 0.15) is 11.6 Å². The predicted octanol–water partition coefficient (Wildman–Crippen LogP) is 4.40. The van der Waals surface area contributed by atoms with E-state index in [-0.39, 0.29) is 11.9 Å². The molecule has 1 atom stereocenters. The number of hydrogen-bond acceptors (Lipinski definition) is 2. The summed E-state index contributed by atoms with van der Waals surface area (Å²) in [5.74, 6) is 0.639. The van der Waals surface area contributed by atoms with E-state index in [1.54, 1.807) is 13.2 Å². The molecule has 0 aliphatic heterocycles. The number of benzene rings is 2. The molecule has 1 unspecified atom stereocenters. The fraction of sp³-hybridized carbons (Fsp3) is 0.250. The Balaban J connectivity index is 2.17. The minimum Gasteiger partial charge on any atom is -0.497 e. The normalized spacial score (nSPS) is 11.9. The van der Waals surface area contributed by atoms with Gasteiger partial charge in [-0.15, -0.1) is 0 Å². The number of hydrogen-bond donors (Lipinski definition) is 1. The van der Waals surface area contributed by atoms with Crippen molar-refractivity contribution in [2.45, 2.75) is 19.4 Å². The lowest BCUT2D eigenvalue weighted by Crippen LogP contribution is -2.11. The summed E-state index contributed by atoms with van der Waals surface area (Å²) in [6.45, 7) is 2.04. The van der Waals surface area contributed by atoms with Crippen LogP contribution in [0.4, 0.5) is 10.1 Å². The molecule has 0 heterocycles. The molecule has 0 spiro atoms. The molecule has 0 aliphatic rings. The third kappa shape index (κ3) is 3.25. The average molecular weight is 259 g/mol. The molecule has 0 bridgehead atoms. The van der Waals surface area contributed by atoms with Crippen LogP contribution in [0, 0.1) is 5.82 Å². The van der Waals surface area contributed by atoms with Crippen LogP contribution in [0.5, 0.6) is 5.75 Å². The summed E-state index contributed by atoms with van der Waals surface area (Å²) in [6, 6.07) is 14.5. The molecule has 2 aromatic carbocycles. The van der Waals surface area contributed by atoms with Crippen molar-refractivity contribution in [1.29, 1.82) is 0 Å². The maximum Gasteiger partial charge on any atom is 0.128 e. The molecule has 0 saturated heterocycles. The first-order valence-corrected chi connectivity index (χ1v) is 6.39. The number of rotatable bonds is 5. The highest BCUT2D eigenvalue weighted by atomic mass is 19.1. The fourth-order valence-corrected chi connectivity index (χ4v) is 2.05. The van der Waals surface area contributed by atoms with E-state index >= 15 is 0 Å². The van der Waals surface area contributed by atoms with Crippen molar-refractivity contribution in [2.75, 3.05) is 12.4 Å². The van der Waals surface area contributed by atoms with Gasteiger partial charge in [-0.3, -0.25) is 0 Å². The van der Waals surface area contributed by atoms with Crippen LogP contribution in [0.15, 0.2) is 48.5 Å². The second-order valence-corrected chi connectivity index (χ2v) is 4.36. The lowest BCUT2D eigenvalue weighted by molar-refractivity contribution is 0.415. The number of halogens is 1. The summed E-state index contributed by atoms with van der Waals surface area (Å²) in [4.78, 5) is 0. The van der Waals surface area contributed by atoms with Crippen LogP contribution < -0.4 is 10.1 Å². The SMILES string of the molecule is CCC(Nc1ccc(OC)cc1)c1ccccc1F. The zero-order chi connectivity index (χ0) is 13.7. The van der Waals surface area contributed by atoms with Crippen LogP contribution in [0.25, 0.3) is 0 Å². The first kappa shape index (κ1) is 13.4. The van der Waals surface area contributed by atoms with Gasteiger partial charge in [0, 0.05) is 11.3 Å². The van der Waals surface area contributed by atoms with Crippen LogP contribution >= 0.6 is 0 Å². The Labute approximate surface area is 113 Å². The minimum atomic E-state index is -0.171. The van der Waals surface area contributed by atoms with E-state index in [9.17, 15) is 4.39 Å².